The molecule has 2 unspecified atom stereocenters. The van der Waals surface area contributed by atoms with Crippen LogP contribution in [0.1, 0.15) is 130 Å². The van der Waals surface area contributed by atoms with Gasteiger partial charge in [-0.1, -0.05) is 130 Å². The van der Waals surface area contributed by atoms with Crippen molar-refractivity contribution < 1.29 is 0 Å². The predicted molar refractivity (Wildman–Crippen MR) is 111 cm³/mol. The molecule has 0 heteroatoms. The molecule has 0 spiro atoms. The van der Waals surface area contributed by atoms with Gasteiger partial charge in [-0.25, -0.2) is 0 Å². The average molecular weight is 337 g/mol. The summed E-state index contributed by atoms with van der Waals surface area (Å²) in [6.07, 6.45) is 23.9. The van der Waals surface area contributed by atoms with Crippen LogP contribution in [0.3, 0.4) is 0 Å². The highest BCUT2D eigenvalue weighted by atomic mass is 14.3. The second-order valence-electron chi connectivity index (χ2n) is 9.58. The molecule has 24 heavy (non-hydrogen) atoms. The summed E-state index contributed by atoms with van der Waals surface area (Å²) < 4.78 is 0. The molecule has 0 aromatic rings. The normalized spacial score (nSPS) is 21.8. The van der Waals surface area contributed by atoms with E-state index in [1.54, 1.807) is 25.7 Å². The maximum Gasteiger partial charge on any atom is -0.0386 e. The summed E-state index contributed by atoms with van der Waals surface area (Å²) in [7, 11) is 0. The van der Waals surface area contributed by atoms with Crippen LogP contribution in [-0.2, 0) is 0 Å². The largest absolute Gasteiger partial charge is 0.0628 e. The van der Waals surface area contributed by atoms with Gasteiger partial charge in [-0.05, 0) is 23.7 Å². The Balaban J connectivity index is 2.06. The molecule has 0 radical (unpaired) electrons. The molecule has 1 fully saturated rings. The van der Waals surface area contributed by atoms with Crippen LogP contribution < -0.4 is 0 Å². The van der Waals surface area contributed by atoms with Gasteiger partial charge in [-0.15, -0.1) is 0 Å². The van der Waals surface area contributed by atoms with E-state index in [1.165, 1.54) is 77.0 Å². The van der Waals surface area contributed by atoms with E-state index in [0.29, 0.717) is 0 Å². The van der Waals surface area contributed by atoms with Crippen LogP contribution in [0, 0.1) is 23.7 Å². The zero-order chi connectivity index (χ0) is 17.6. The highest BCUT2D eigenvalue weighted by Gasteiger charge is 2.23. The average Bonchev–Trinajstić information content (AvgIpc) is 2.54. The van der Waals surface area contributed by atoms with E-state index in [9.17, 15) is 0 Å². The Morgan fingerprint density at radius 2 is 0.917 bits per heavy atom. The fraction of sp³-hybridized carbons (Fsp3) is 1.00. The summed E-state index contributed by atoms with van der Waals surface area (Å²) in [6, 6.07) is 0. The molecule has 0 saturated heterocycles. The van der Waals surface area contributed by atoms with E-state index in [4.69, 9.17) is 0 Å². The first-order chi connectivity index (χ1) is 11.6. The van der Waals surface area contributed by atoms with E-state index in [2.05, 4.69) is 27.7 Å². The minimum atomic E-state index is 0.897. The van der Waals surface area contributed by atoms with Crippen molar-refractivity contribution in [2.24, 2.45) is 23.7 Å². The molecule has 2 atom stereocenters. The lowest BCUT2D eigenvalue weighted by molar-refractivity contribution is 0.202. The van der Waals surface area contributed by atoms with Gasteiger partial charge < -0.3 is 0 Å². The molecular formula is C24H48. The monoisotopic (exact) mass is 336 g/mol. The molecule has 0 nitrogen and oxygen atoms in total. The van der Waals surface area contributed by atoms with Crippen molar-refractivity contribution in [1.29, 1.82) is 0 Å². The topological polar surface area (TPSA) is 0 Å². The summed E-state index contributed by atoms with van der Waals surface area (Å²) >= 11 is 0. The van der Waals surface area contributed by atoms with Gasteiger partial charge >= 0.3 is 0 Å². The van der Waals surface area contributed by atoms with E-state index in [-0.39, 0.29) is 0 Å². The number of unbranched alkanes of at least 4 members (excludes halogenated alkanes) is 6. The minimum Gasteiger partial charge on any atom is -0.0628 e. The Kier molecular flexibility index (Phi) is 13.0. The van der Waals surface area contributed by atoms with E-state index < -0.39 is 0 Å². The van der Waals surface area contributed by atoms with Gasteiger partial charge in [0.05, 0.1) is 0 Å². The van der Waals surface area contributed by atoms with Crippen molar-refractivity contribution in [1.82, 2.24) is 0 Å². The lowest BCUT2D eigenvalue weighted by atomic mass is 9.74. The SMILES string of the molecule is CC(C)CCCCCCC1CCCCC1CCCCCCC(C)C. The molecular weight excluding hydrogens is 288 g/mol. The molecule has 0 N–H and O–H groups in total. The number of hydrogen-bond donors (Lipinski definition) is 0. The molecule has 0 heterocycles. The van der Waals surface area contributed by atoms with Crippen molar-refractivity contribution in [3.8, 4) is 0 Å². The van der Waals surface area contributed by atoms with E-state index in [0.717, 1.165) is 23.7 Å². The minimum absolute atomic E-state index is 0.897. The van der Waals surface area contributed by atoms with Gasteiger partial charge in [0, 0.05) is 0 Å². The third-order valence-corrected chi connectivity index (χ3v) is 6.28. The van der Waals surface area contributed by atoms with Gasteiger partial charge in [0.25, 0.3) is 0 Å². The summed E-state index contributed by atoms with van der Waals surface area (Å²) in [4.78, 5) is 0. The standard InChI is InChI=1S/C24H48/c1-21(2)15-9-5-7-11-17-23-19-13-14-20-24(23)18-12-8-6-10-16-22(3)4/h21-24H,5-20H2,1-4H3. The molecule has 1 rings (SSSR count). The second kappa shape index (κ2) is 14.2. The molecule has 1 aliphatic carbocycles. The van der Waals surface area contributed by atoms with Crippen molar-refractivity contribution in [3.05, 3.63) is 0 Å². The third kappa shape index (κ3) is 11.5. The predicted octanol–water partition coefficient (Wildman–Crippen LogP) is 8.79. The molecule has 1 aliphatic rings. The van der Waals surface area contributed by atoms with E-state index >= 15 is 0 Å². The van der Waals surface area contributed by atoms with Gasteiger partial charge in [0.1, 0.15) is 0 Å². The molecule has 0 aromatic heterocycles. The number of rotatable bonds is 14. The van der Waals surface area contributed by atoms with Crippen LogP contribution in [0.2, 0.25) is 0 Å². The first-order valence-corrected chi connectivity index (χ1v) is 11.6. The maximum absolute atomic E-state index is 2.36. The van der Waals surface area contributed by atoms with Gasteiger partial charge in [-0.2, -0.15) is 0 Å². The Hall–Kier alpha value is 0. The zero-order valence-corrected chi connectivity index (χ0v) is 17.6. The van der Waals surface area contributed by atoms with E-state index in [1.807, 2.05) is 0 Å². The maximum atomic E-state index is 2.36. The quantitative estimate of drug-likeness (QED) is 0.278. The molecule has 0 amide bonds. The Labute approximate surface area is 154 Å². The summed E-state index contributed by atoms with van der Waals surface area (Å²) in [5.41, 5.74) is 0. The summed E-state index contributed by atoms with van der Waals surface area (Å²) in [6.45, 7) is 9.43. The summed E-state index contributed by atoms with van der Waals surface area (Å²) in [5.74, 6) is 3.96. The van der Waals surface area contributed by atoms with Crippen LogP contribution in [0.5, 0.6) is 0 Å². The van der Waals surface area contributed by atoms with Crippen molar-refractivity contribution in [3.63, 3.8) is 0 Å². The lowest BCUT2D eigenvalue weighted by Crippen LogP contribution is -2.19. The Morgan fingerprint density at radius 1 is 0.542 bits per heavy atom. The number of hydrogen-bond acceptors (Lipinski definition) is 0. The molecule has 0 aliphatic heterocycles. The molecule has 1 saturated carbocycles. The smallest absolute Gasteiger partial charge is 0.0386 e. The fourth-order valence-electron chi connectivity index (χ4n) is 4.67. The van der Waals surface area contributed by atoms with Crippen LogP contribution >= 0.6 is 0 Å². The van der Waals surface area contributed by atoms with Crippen LogP contribution in [0.4, 0.5) is 0 Å². The van der Waals surface area contributed by atoms with Gasteiger partial charge in [-0.3, -0.25) is 0 Å². The lowest BCUT2D eigenvalue weighted by Gasteiger charge is -2.32. The highest BCUT2D eigenvalue weighted by Crippen LogP contribution is 2.37. The van der Waals surface area contributed by atoms with Crippen molar-refractivity contribution in [2.75, 3.05) is 0 Å². The first-order valence-electron chi connectivity index (χ1n) is 11.6. The summed E-state index contributed by atoms with van der Waals surface area (Å²) in [5, 5.41) is 0. The third-order valence-electron chi connectivity index (χ3n) is 6.28. The van der Waals surface area contributed by atoms with Crippen molar-refractivity contribution >= 4 is 0 Å². The fourth-order valence-corrected chi connectivity index (χ4v) is 4.67. The van der Waals surface area contributed by atoms with Crippen LogP contribution in [0.25, 0.3) is 0 Å². The highest BCUT2D eigenvalue weighted by molar-refractivity contribution is 4.75. The zero-order valence-electron chi connectivity index (χ0n) is 17.6. The van der Waals surface area contributed by atoms with Gasteiger partial charge in [0.2, 0.25) is 0 Å². The van der Waals surface area contributed by atoms with Crippen LogP contribution in [-0.4, -0.2) is 0 Å². The van der Waals surface area contributed by atoms with Gasteiger partial charge in [0.15, 0.2) is 0 Å². The molecule has 0 bridgehead atoms. The first kappa shape index (κ1) is 22.0. The Morgan fingerprint density at radius 3 is 1.29 bits per heavy atom. The second-order valence-corrected chi connectivity index (χ2v) is 9.58. The molecule has 144 valence electrons. The molecule has 0 aromatic carbocycles. The van der Waals surface area contributed by atoms with Crippen molar-refractivity contribution in [2.45, 2.75) is 130 Å². The van der Waals surface area contributed by atoms with Crippen LogP contribution in [0.15, 0.2) is 0 Å². The Bertz CT molecular complexity index is 237.